The third-order valence-corrected chi connectivity index (χ3v) is 4.16. The Morgan fingerprint density at radius 1 is 1.27 bits per heavy atom. The highest BCUT2D eigenvalue weighted by atomic mass is 35.5. The summed E-state index contributed by atoms with van der Waals surface area (Å²) in [5.41, 5.74) is 1.22. The van der Waals surface area contributed by atoms with Crippen LogP contribution in [0, 0.1) is 5.92 Å². The number of ether oxygens (including phenoxy) is 1. The molecular formula is C16H21ClN2O3. The number of carbonyl (C=O) groups excluding carboxylic acids is 2. The first kappa shape index (κ1) is 16.8. The minimum atomic E-state index is -0.423. The van der Waals surface area contributed by atoms with Crippen molar-refractivity contribution in [3.05, 3.63) is 34.9 Å². The molecule has 1 aliphatic heterocycles. The smallest absolute Gasteiger partial charge is 0.325 e. The Kier molecular flexibility index (Phi) is 6.21. The van der Waals surface area contributed by atoms with E-state index in [4.69, 9.17) is 11.6 Å². The first-order valence-corrected chi connectivity index (χ1v) is 7.77. The molecule has 22 heavy (non-hydrogen) atoms. The van der Waals surface area contributed by atoms with Gasteiger partial charge in [-0.2, -0.15) is 0 Å². The van der Waals surface area contributed by atoms with E-state index in [0.29, 0.717) is 0 Å². The van der Waals surface area contributed by atoms with Crippen molar-refractivity contribution in [2.24, 2.45) is 5.92 Å². The number of likely N-dealkylation sites (tertiary alicyclic amines) is 1. The van der Waals surface area contributed by atoms with Crippen LogP contribution in [0.5, 0.6) is 0 Å². The summed E-state index contributed by atoms with van der Waals surface area (Å²) in [6, 6.07) is 7.84. The van der Waals surface area contributed by atoms with Gasteiger partial charge in [-0.3, -0.25) is 14.5 Å². The van der Waals surface area contributed by atoms with E-state index in [2.05, 4.69) is 15.0 Å². The summed E-state index contributed by atoms with van der Waals surface area (Å²) in [7, 11) is 1.31. The third-order valence-electron chi connectivity index (χ3n) is 3.91. The number of halogens is 1. The summed E-state index contributed by atoms with van der Waals surface area (Å²) in [5, 5.41) is 3.37. The second-order valence-corrected chi connectivity index (χ2v) is 5.91. The fraction of sp³-hybridized carbons (Fsp3) is 0.500. The van der Waals surface area contributed by atoms with Crippen molar-refractivity contribution in [1.82, 2.24) is 10.2 Å². The van der Waals surface area contributed by atoms with Gasteiger partial charge in [-0.25, -0.2) is 0 Å². The topological polar surface area (TPSA) is 58.6 Å². The fourth-order valence-electron chi connectivity index (χ4n) is 2.58. The lowest BCUT2D eigenvalue weighted by atomic mass is 9.95. The van der Waals surface area contributed by atoms with Gasteiger partial charge in [0.2, 0.25) is 5.91 Å². The van der Waals surface area contributed by atoms with Gasteiger partial charge in [-0.05, 0) is 43.6 Å². The van der Waals surface area contributed by atoms with Gasteiger partial charge in [-0.15, -0.1) is 0 Å². The molecule has 120 valence electrons. The minimum absolute atomic E-state index is 0.0221. The van der Waals surface area contributed by atoms with Crippen molar-refractivity contribution < 1.29 is 14.3 Å². The Labute approximate surface area is 135 Å². The summed E-state index contributed by atoms with van der Waals surface area (Å²) in [4.78, 5) is 25.3. The molecule has 0 aromatic heterocycles. The minimum Gasteiger partial charge on any atom is -0.468 e. The van der Waals surface area contributed by atoms with Gasteiger partial charge in [0.25, 0.3) is 0 Å². The first-order chi connectivity index (χ1) is 10.6. The van der Waals surface area contributed by atoms with Crippen LogP contribution in [0.4, 0.5) is 0 Å². The van der Waals surface area contributed by atoms with Crippen molar-refractivity contribution in [3.8, 4) is 0 Å². The van der Waals surface area contributed by atoms with Crippen LogP contribution in [0.25, 0.3) is 0 Å². The quantitative estimate of drug-likeness (QED) is 0.840. The number of nitrogens with zero attached hydrogens (tertiary/aromatic N) is 1. The van der Waals surface area contributed by atoms with Gasteiger partial charge >= 0.3 is 5.97 Å². The maximum absolute atomic E-state index is 12.0. The van der Waals surface area contributed by atoms with Crippen molar-refractivity contribution >= 4 is 23.5 Å². The number of carbonyl (C=O) groups is 2. The van der Waals surface area contributed by atoms with Crippen LogP contribution in [0.2, 0.25) is 5.02 Å². The van der Waals surface area contributed by atoms with Gasteiger partial charge in [0.1, 0.15) is 6.54 Å². The van der Waals surface area contributed by atoms with Gasteiger partial charge in [0, 0.05) is 17.5 Å². The van der Waals surface area contributed by atoms with Crippen LogP contribution in [-0.2, 0) is 20.9 Å². The van der Waals surface area contributed by atoms with Crippen molar-refractivity contribution in [2.45, 2.75) is 19.4 Å². The van der Waals surface area contributed by atoms with Crippen LogP contribution < -0.4 is 5.32 Å². The molecule has 1 heterocycles. The van der Waals surface area contributed by atoms with Gasteiger partial charge in [0.05, 0.1) is 7.11 Å². The number of hydrogen-bond donors (Lipinski definition) is 1. The van der Waals surface area contributed by atoms with Crippen LogP contribution in [0.15, 0.2) is 24.3 Å². The second-order valence-electron chi connectivity index (χ2n) is 5.47. The summed E-state index contributed by atoms with van der Waals surface area (Å²) in [6.07, 6.45) is 1.61. The number of esters is 1. The lowest BCUT2D eigenvalue weighted by molar-refractivity contribution is -0.141. The zero-order valence-electron chi connectivity index (χ0n) is 12.7. The number of nitrogens with one attached hydrogen (secondary N) is 1. The van der Waals surface area contributed by atoms with E-state index in [-0.39, 0.29) is 18.4 Å². The summed E-state index contributed by atoms with van der Waals surface area (Å²) in [5.74, 6) is -0.504. The number of rotatable bonds is 5. The molecule has 1 aromatic rings. The predicted octanol–water partition coefficient (Wildman–Crippen LogP) is 1.84. The normalized spacial score (nSPS) is 16.3. The zero-order valence-corrected chi connectivity index (χ0v) is 13.4. The molecule has 1 N–H and O–H groups in total. The molecule has 0 radical (unpaired) electrons. The number of benzene rings is 1. The molecule has 1 aliphatic rings. The molecule has 0 bridgehead atoms. The first-order valence-electron chi connectivity index (χ1n) is 7.40. The average molecular weight is 325 g/mol. The van der Waals surface area contributed by atoms with Gasteiger partial charge in [0.15, 0.2) is 0 Å². The molecule has 6 heteroatoms. The van der Waals surface area contributed by atoms with E-state index >= 15 is 0 Å². The summed E-state index contributed by atoms with van der Waals surface area (Å²) < 4.78 is 4.51. The highest BCUT2D eigenvalue weighted by Crippen LogP contribution is 2.20. The molecule has 0 aliphatic carbocycles. The maximum atomic E-state index is 12.0. The van der Waals surface area contributed by atoms with E-state index in [9.17, 15) is 9.59 Å². The van der Waals surface area contributed by atoms with Crippen molar-refractivity contribution in [2.75, 3.05) is 26.7 Å². The molecule has 5 nitrogen and oxygen atoms in total. The second kappa shape index (κ2) is 8.15. The van der Waals surface area contributed by atoms with Crippen molar-refractivity contribution in [1.29, 1.82) is 0 Å². The Bertz CT molecular complexity index is 511. The number of hydrogen-bond acceptors (Lipinski definition) is 4. The fourth-order valence-corrected chi connectivity index (χ4v) is 2.70. The van der Waals surface area contributed by atoms with E-state index in [0.717, 1.165) is 37.5 Å². The highest BCUT2D eigenvalue weighted by Gasteiger charge is 2.25. The molecule has 1 aromatic carbocycles. The molecule has 1 fully saturated rings. The molecule has 1 saturated heterocycles. The number of amides is 1. The van der Waals surface area contributed by atoms with Gasteiger partial charge < -0.3 is 10.1 Å². The average Bonchev–Trinajstić information content (AvgIpc) is 2.55. The molecule has 0 atom stereocenters. The van der Waals surface area contributed by atoms with E-state index in [1.807, 2.05) is 24.3 Å². The van der Waals surface area contributed by atoms with Crippen LogP contribution >= 0.6 is 11.6 Å². The summed E-state index contributed by atoms with van der Waals surface area (Å²) >= 11 is 5.88. The molecule has 0 saturated carbocycles. The van der Waals surface area contributed by atoms with Crippen molar-refractivity contribution in [3.63, 3.8) is 0 Å². The number of piperidine rings is 1. The SMILES string of the molecule is COC(=O)CNC(=O)C1CCN(Cc2ccc(Cl)cc2)CC1. The third kappa shape index (κ3) is 5.00. The Morgan fingerprint density at radius 3 is 2.50 bits per heavy atom. The highest BCUT2D eigenvalue weighted by molar-refractivity contribution is 6.30. The molecule has 0 spiro atoms. The van der Waals surface area contributed by atoms with E-state index in [1.165, 1.54) is 12.7 Å². The monoisotopic (exact) mass is 324 g/mol. The zero-order chi connectivity index (χ0) is 15.9. The Morgan fingerprint density at radius 2 is 1.91 bits per heavy atom. The van der Waals surface area contributed by atoms with Crippen LogP contribution in [0.1, 0.15) is 18.4 Å². The molecular weight excluding hydrogens is 304 g/mol. The molecule has 2 rings (SSSR count). The lowest BCUT2D eigenvalue weighted by Gasteiger charge is -2.31. The van der Waals surface area contributed by atoms with E-state index < -0.39 is 5.97 Å². The molecule has 1 amide bonds. The largest absolute Gasteiger partial charge is 0.468 e. The lowest BCUT2D eigenvalue weighted by Crippen LogP contribution is -2.41. The Hall–Kier alpha value is -1.59. The van der Waals surface area contributed by atoms with Gasteiger partial charge in [-0.1, -0.05) is 23.7 Å². The van der Waals surface area contributed by atoms with E-state index in [1.54, 1.807) is 0 Å². The Balaban J connectivity index is 1.74. The van der Waals surface area contributed by atoms with Crippen LogP contribution in [-0.4, -0.2) is 43.5 Å². The van der Waals surface area contributed by atoms with Crippen LogP contribution in [0.3, 0.4) is 0 Å². The standard InChI is InChI=1S/C16H21ClN2O3/c1-22-15(20)10-18-16(21)13-6-8-19(9-7-13)11-12-2-4-14(17)5-3-12/h2-5,13H,6-11H2,1H3,(H,18,21). The summed E-state index contributed by atoms with van der Waals surface area (Å²) in [6.45, 7) is 2.56. The number of methoxy groups -OCH3 is 1. The predicted molar refractivity (Wildman–Crippen MR) is 84.5 cm³/mol. The molecule has 0 unspecified atom stereocenters. The maximum Gasteiger partial charge on any atom is 0.325 e.